The molecule has 162 valence electrons. The van der Waals surface area contributed by atoms with Crippen LogP contribution in [0.4, 0.5) is 10.2 Å². The number of piperazine rings is 1. The highest BCUT2D eigenvalue weighted by Gasteiger charge is 2.46. The Morgan fingerprint density at radius 1 is 1.33 bits per heavy atom. The smallest absolute Gasteiger partial charge is 0.181 e. The van der Waals surface area contributed by atoms with Crippen molar-refractivity contribution < 1.29 is 16.0 Å². The lowest BCUT2D eigenvalue weighted by molar-refractivity contribution is -0.138. The summed E-state index contributed by atoms with van der Waals surface area (Å²) in [7, 11) is 0. The zero-order chi connectivity index (χ0) is 21.7. The summed E-state index contributed by atoms with van der Waals surface area (Å²) >= 11 is 6.35. The molecule has 30 heavy (non-hydrogen) atoms. The van der Waals surface area contributed by atoms with E-state index in [0.29, 0.717) is 42.2 Å². The summed E-state index contributed by atoms with van der Waals surface area (Å²) < 4.78 is 14.8. The molecule has 3 aromatic rings. The van der Waals surface area contributed by atoms with Crippen molar-refractivity contribution >= 4 is 28.5 Å². The molecule has 0 unspecified atom stereocenters. The third-order valence-corrected chi connectivity index (χ3v) is 6.15. The summed E-state index contributed by atoms with van der Waals surface area (Å²) in [5.74, 6) is -0.175. The molecule has 2 atom stereocenters. The average molecular weight is 437 g/mol. The normalized spacial score (nSPS) is 19.8. The Bertz CT molecular complexity index is 1090. The van der Waals surface area contributed by atoms with E-state index in [9.17, 15) is 14.6 Å². The highest BCUT2D eigenvalue weighted by atomic mass is 35.5. The molecule has 1 aliphatic heterocycles. The summed E-state index contributed by atoms with van der Waals surface area (Å²) in [6.07, 6.45) is 1.61. The minimum atomic E-state index is -1.41. The quantitative estimate of drug-likeness (QED) is 0.497. The number of halogens is 2. The molecule has 8 nitrogen and oxygen atoms in total. The summed E-state index contributed by atoms with van der Waals surface area (Å²) in [5.41, 5.74) is -1.76. The second-order valence-electron chi connectivity index (χ2n) is 8.26. The Labute approximate surface area is 179 Å². The van der Waals surface area contributed by atoms with Crippen molar-refractivity contribution in [2.45, 2.75) is 38.0 Å². The van der Waals surface area contributed by atoms with E-state index >= 15 is 0 Å². The molecule has 4 rings (SSSR count). The number of hydrogen-bond donors (Lipinski definition) is 4. The van der Waals surface area contributed by atoms with E-state index in [1.807, 2.05) is 4.90 Å². The number of nitrogens with zero attached hydrogens (tertiary/aromatic N) is 4. The van der Waals surface area contributed by atoms with Gasteiger partial charge in [0.2, 0.25) is 0 Å². The van der Waals surface area contributed by atoms with Crippen LogP contribution in [-0.2, 0) is 0 Å². The molecule has 0 aliphatic carbocycles. The van der Waals surface area contributed by atoms with Crippen molar-refractivity contribution in [1.29, 1.82) is 0 Å². The van der Waals surface area contributed by atoms with Crippen LogP contribution in [0.25, 0.3) is 22.4 Å². The van der Waals surface area contributed by atoms with Gasteiger partial charge in [0.15, 0.2) is 11.5 Å². The Kier molecular flexibility index (Phi) is 5.17. The number of H-pyrrole nitrogens is 1. The van der Waals surface area contributed by atoms with Crippen molar-refractivity contribution in [2.75, 3.05) is 24.5 Å². The summed E-state index contributed by atoms with van der Waals surface area (Å²) in [4.78, 5) is 10.6. The number of anilines is 1. The number of hydrogen-bond acceptors (Lipinski definition) is 7. The molecular weight excluding hydrogens is 411 g/mol. The van der Waals surface area contributed by atoms with Gasteiger partial charge in [-0.25, -0.2) is 14.4 Å². The molecule has 3 aromatic heterocycles. The molecule has 4 N–H and O–H groups in total. The van der Waals surface area contributed by atoms with Gasteiger partial charge in [0.1, 0.15) is 17.1 Å². The van der Waals surface area contributed by atoms with E-state index in [1.54, 1.807) is 39.1 Å². The fourth-order valence-corrected chi connectivity index (χ4v) is 3.89. The van der Waals surface area contributed by atoms with Crippen LogP contribution in [0.3, 0.4) is 0 Å². The van der Waals surface area contributed by atoms with Gasteiger partial charge in [0.05, 0.1) is 22.4 Å². The van der Waals surface area contributed by atoms with Gasteiger partial charge in [-0.1, -0.05) is 11.6 Å². The van der Waals surface area contributed by atoms with E-state index < -0.39 is 23.1 Å². The first-order chi connectivity index (χ1) is 14.1. The van der Waals surface area contributed by atoms with Gasteiger partial charge in [-0.15, -0.1) is 0 Å². The van der Waals surface area contributed by atoms with E-state index in [1.165, 1.54) is 6.07 Å². The number of fused-ring (bicyclic) bond motifs is 1. The number of aliphatic hydroxyl groups is 2. The Balaban J connectivity index is 0.00000272. The average Bonchev–Trinajstić information content (AvgIpc) is 3.11. The lowest BCUT2D eigenvalue weighted by Gasteiger charge is -2.46. The third-order valence-electron chi connectivity index (χ3n) is 5.87. The molecular formula is C20H26ClFN6O2. The van der Waals surface area contributed by atoms with Gasteiger partial charge >= 0.3 is 0 Å². The maximum absolute atomic E-state index is 14.8. The minimum absolute atomic E-state index is 0. The van der Waals surface area contributed by atoms with Crippen LogP contribution in [0.15, 0.2) is 24.4 Å². The largest absolute Gasteiger partial charge is 0.387 e. The predicted octanol–water partition coefficient (Wildman–Crippen LogP) is 2.36. The fourth-order valence-electron chi connectivity index (χ4n) is 3.63. The van der Waals surface area contributed by atoms with Crippen molar-refractivity contribution in [2.24, 2.45) is 0 Å². The van der Waals surface area contributed by atoms with Gasteiger partial charge in [-0.05, 0) is 39.0 Å². The Morgan fingerprint density at radius 3 is 2.83 bits per heavy atom. The lowest BCUT2D eigenvalue weighted by atomic mass is 9.80. The SMILES string of the molecule is CC(C)(O)[C@@](C)(O)[C@@H]1CN(c2nc(-c3[nH]nc4ncccc34)c(F)cc2Cl)CCN1.[HH]. The lowest BCUT2D eigenvalue weighted by Crippen LogP contribution is -2.67. The molecule has 1 aliphatic rings. The van der Waals surface area contributed by atoms with Gasteiger partial charge in [0.25, 0.3) is 0 Å². The number of nitrogens with one attached hydrogen (secondary N) is 2. The number of rotatable bonds is 4. The molecule has 0 bridgehead atoms. The second kappa shape index (κ2) is 7.42. The van der Waals surface area contributed by atoms with Gasteiger partial charge in [-0.3, -0.25) is 5.10 Å². The molecule has 0 spiro atoms. The highest BCUT2D eigenvalue weighted by Crippen LogP contribution is 2.34. The highest BCUT2D eigenvalue weighted by molar-refractivity contribution is 6.33. The fraction of sp³-hybridized carbons (Fsp3) is 0.450. The van der Waals surface area contributed by atoms with E-state index in [0.717, 1.165) is 0 Å². The predicted molar refractivity (Wildman–Crippen MR) is 115 cm³/mol. The number of aromatic nitrogens is 4. The summed E-state index contributed by atoms with van der Waals surface area (Å²) in [6, 6.07) is 4.32. The minimum Gasteiger partial charge on any atom is -0.387 e. The Morgan fingerprint density at radius 2 is 2.10 bits per heavy atom. The van der Waals surface area contributed by atoms with Crippen LogP contribution in [0.5, 0.6) is 0 Å². The molecule has 0 saturated carbocycles. The molecule has 0 amide bonds. The summed E-state index contributed by atoms with van der Waals surface area (Å²) in [5, 5.41) is 32.3. The van der Waals surface area contributed by atoms with Gasteiger partial charge in [0, 0.05) is 32.6 Å². The van der Waals surface area contributed by atoms with Crippen molar-refractivity contribution in [3.05, 3.63) is 35.2 Å². The number of aromatic amines is 1. The van der Waals surface area contributed by atoms with Gasteiger partial charge < -0.3 is 20.4 Å². The first-order valence-corrected chi connectivity index (χ1v) is 10.1. The molecule has 0 radical (unpaired) electrons. The molecule has 10 heteroatoms. The summed E-state index contributed by atoms with van der Waals surface area (Å²) in [6.45, 7) is 6.14. The van der Waals surface area contributed by atoms with E-state index in [2.05, 4.69) is 25.5 Å². The molecule has 1 fully saturated rings. The van der Waals surface area contributed by atoms with Crippen molar-refractivity contribution in [3.63, 3.8) is 0 Å². The molecule has 4 heterocycles. The zero-order valence-electron chi connectivity index (χ0n) is 16.9. The maximum Gasteiger partial charge on any atom is 0.181 e. The third kappa shape index (κ3) is 3.51. The standard InChI is InChI=1S/C20H24ClFN6O2.H2/c1-19(2,29)20(3,30)14-10-28(8-7-23-14)18-12(21)9-13(22)16(25-18)15-11-5-4-6-24-17(11)27-26-15;/h4-6,9,14,23,29-30H,7-8,10H2,1-3H3,(H,24,26,27);1H/t14-,20-;/m0./s1. The van der Waals surface area contributed by atoms with Crippen LogP contribution in [0.2, 0.25) is 5.02 Å². The van der Waals surface area contributed by atoms with Crippen LogP contribution < -0.4 is 10.2 Å². The Hall–Kier alpha value is -2.33. The first kappa shape index (κ1) is 20.9. The zero-order valence-corrected chi connectivity index (χ0v) is 17.7. The topological polar surface area (TPSA) is 110 Å². The maximum atomic E-state index is 14.8. The van der Waals surface area contributed by atoms with E-state index in [4.69, 9.17) is 11.6 Å². The van der Waals surface area contributed by atoms with Crippen LogP contribution >= 0.6 is 11.6 Å². The first-order valence-electron chi connectivity index (χ1n) is 9.68. The van der Waals surface area contributed by atoms with Crippen LogP contribution in [0.1, 0.15) is 22.2 Å². The van der Waals surface area contributed by atoms with Crippen molar-refractivity contribution in [3.8, 4) is 11.4 Å². The number of pyridine rings is 2. The van der Waals surface area contributed by atoms with Crippen molar-refractivity contribution in [1.82, 2.24) is 25.5 Å². The molecule has 0 aromatic carbocycles. The van der Waals surface area contributed by atoms with Crippen LogP contribution in [0, 0.1) is 5.82 Å². The van der Waals surface area contributed by atoms with Gasteiger partial charge in [-0.2, -0.15) is 5.10 Å². The van der Waals surface area contributed by atoms with E-state index in [-0.39, 0.29) is 12.1 Å². The monoisotopic (exact) mass is 436 g/mol. The molecule has 1 saturated heterocycles. The second-order valence-corrected chi connectivity index (χ2v) is 8.66. The van der Waals surface area contributed by atoms with Crippen LogP contribution in [-0.4, -0.2) is 67.3 Å².